The van der Waals surface area contributed by atoms with Crippen LogP contribution in [0.3, 0.4) is 0 Å². The number of hydrogen-bond acceptors (Lipinski definition) is 4. The van der Waals surface area contributed by atoms with Gasteiger partial charge in [0.2, 0.25) is 21.8 Å². The fourth-order valence-corrected chi connectivity index (χ4v) is 5.97. The van der Waals surface area contributed by atoms with Crippen LogP contribution in [0.15, 0.2) is 77.3 Å². The third kappa shape index (κ3) is 9.08. The Morgan fingerprint density at radius 3 is 2.33 bits per heavy atom. The molecule has 0 radical (unpaired) electrons. The summed E-state index contributed by atoms with van der Waals surface area (Å²) in [6, 6.07) is 20.9. The number of unbranched alkanes of at least 4 members (excludes halogenated alkanes) is 1. The van der Waals surface area contributed by atoms with E-state index in [4.69, 9.17) is 11.6 Å². The van der Waals surface area contributed by atoms with Gasteiger partial charge in [0.1, 0.15) is 12.6 Å². The maximum atomic E-state index is 14.1. The van der Waals surface area contributed by atoms with Crippen LogP contribution >= 0.6 is 27.5 Å². The number of amides is 2. The molecule has 7 nitrogen and oxygen atoms in total. The molecule has 10 heteroatoms. The molecule has 0 spiro atoms. The van der Waals surface area contributed by atoms with E-state index >= 15 is 0 Å². The summed E-state index contributed by atoms with van der Waals surface area (Å²) in [5.74, 6) is -0.777. The molecule has 0 fully saturated rings. The van der Waals surface area contributed by atoms with Gasteiger partial charge >= 0.3 is 0 Å². The molecule has 1 atom stereocenters. The largest absolute Gasteiger partial charge is 0.354 e. The molecule has 0 saturated carbocycles. The Bertz CT molecular complexity index is 1420. The van der Waals surface area contributed by atoms with E-state index in [1.165, 1.54) is 4.90 Å². The van der Waals surface area contributed by atoms with Gasteiger partial charge in [0.05, 0.1) is 11.9 Å². The minimum Gasteiger partial charge on any atom is -0.354 e. The first-order valence-electron chi connectivity index (χ1n) is 13.1. The highest BCUT2D eigenvalue weighted by atomic mass is 79.9. The van der Waals surface area contributed by atoms with Crippen LogP contribution in [0, 0.1) is 6.92 Å². The van der Waals surface area contributed by atoms with E-state index in [1.807, 2.05) is 61.5 Å². The normalized spacial score (nSPS) is 12.0. The molecule has 0 saturated heterocycles. The molecular weight excluding hydrogens is 614 g/mol. The standard InChI is InChI=1S/C30H35BrClN3O4S/c1-4-5-16-33-30(37)28(19-23-10-7-6-8-11-23)34(20-24-12-9-13-25(31)18-24)29(36)21-35(40(3,38)39)27-15-14-26(32)17-22(27)2/h6-15,17-18,28H,4-5,16,19-21H2,1-3H3,(H,33,37)/t28-/m0/s1. The van der Waals surface area contributed by atoms with Gasteiger partial charge in [0.25, 0.3) is 0 Å². The molecule has 0 aromatic heterocycles. The number of benzene rings is 3. The van der Waals surface area contributed by atoms with Gasteiger partial charge in [0, 0.05) is 29.0 Å². The van der Waals surface area contributed by atoms with Crippen LogP contribution in [0.25, 0.3) is 0 Å². The SMILES string of the molecule is CCCCNC(=O)[C@H](Cc1ccccc1)N(Cc1cccc(Br)c1)C(=O)CN(c1ccc(Cl)cc1C)S(C)(=O)=O. The van der Waals surface area contributed by atoms with Crippen LogP contribution < -0.4 is 9.62 Å². The average molecular weight is 649 g/mol. The van der Waals surface area contributed by atoms with Gasteiger partial charge in [-0.2, -0.15) is 0 Å². The highest BCUT2D eigenvalue weighted by Crippen LogP contribution is 2.26. The summed E-state index contributed by atoms with van der Waals surface area (Å²) in [5.41, 5.74) is 2.66. The summed E-state index contributed by atoms with van der Waals surface area (Å²) in [5, 5.41) is 3.44. The van der Waals surface area contributed by atoms with Crippen molar-refractivity contribution < 1.29 is 18.0 Å². The Kier molecular flexibility index (Phi) is 11.6. The number of anilines is 1. The second kappa shape index (κ2) is 14.7. The van der Waals surface area contributed by atoms with Gasteiger partial charge in [-0.05, 0) is 60.4 Å². The van der Waals surface area contributed by atoms with Crippen molar-refractivity contribution in [3.63, 3.8) is 0 Å². The monoisotopic (exact) mass is 647 g/mol. The molecular formula is C30H35BrClN3O4S. The fourth-order valence-electron chi connectivity index (χ4n) is 4.39. The van der Waals surface area contributed by atoms with Crippen molar-refractivity contribution in [2.75, 3.05) is 23.7 Å². The Labute approximate surface area is 250 Å². The lowest BCUT2D eigenvalue weighted by atomic mass is 10.0. The minimum absolute atomic E-state index is 0.119. The first-order chi connectivity index (χ1) is 19.0. The summed E-state index contributed by atoms with van der Waals surface area (Å²) >= 11 is 9.59. The van der Waals surface area contributed by atoms with Crippen LogP contribution in [-0.2, 0) is 32.6 Å². The number of nitrogens with zero attached hydrogens (tertiary/aromatic N) is 2. The zero-order chi connectivity index (χ0) is 29.3. The number of aryl methyl sites for hydroxylation is 1. The fraction of sp³-hybridized carbons (Fsp3) is 0.333. The summed E-state index contributed by atoms with van der Waals surface area (Å²) in [6.07, 6.45) is 3.05. The highest BCUT2D eigenvalue weighted by molar-refractivity contribution is 9.10. The van der Waals surface area contributed by atoms with Crippen molar-refractivity contribution in [3.05, 3.63) is 99.0 Å². The van der Waals surface area contributed by atoms with E-state index in [2.05, 4.69) is 21.2 Å². The summed E-state index contributed by atoms with van der Waals surface area (Å²) in [4.78, 5) is 29.2. The lowest BCUT2D eigenvalue weighted by Crippen LogP contribution is -2.53. The Morgan fingerprint density at radius 1 is 1.00 bits per heavy atom. The van der Waals surface area contributed by atoms with Crippen molar-refractivity contribution in [1.29, 1.82) is 0 Å². The molecule has 0 unspecified atom stereocenters. The molecule has 3 aromatic rings. The maximum Gasteiger partial charge on any atom is 0.244 e. The number of rotatable bonds is 13. The van der Waals surface area contributed by atoms with Crippen molar-refractivity contribution >= 4 is 55.1 Å². The quantitative estimate of drug-likeness (QED) is 0.240. The van der Waals surface area contributed by atoms with Crippen molar-refractivity contribution in [2.45, 2.75) is 45.7 Å². The minimum atomic E-state index is -3.85. The van der Waals surface area contributed by atoms with E-state index in [0.717, 1.165) is 39.0 Å². The zero-order valence-electron chi connectivity index (χ0n) is 22.9. The molecule has 0 aliphatic carbocycles. The average Bonchev–Trinajstić information content (AvgIpc) is 2.89. The molecule has 0 aliphatic rings. The number of halogens is 2. The van der Waals surface area contributed by atoms with E-state index in [-0.39, 0.29) is 18.9 Å². The second-order valence-electron chi connectivity index (χ2n) is 9.70. The highest BCUT2D eigenvalue weighted by Gasteiger charge is 2.33. The molecule has 0 heterocycles. The number of nitrogens with one attached hydrogen (secondary N) is 1. The van der Waals surface area contributed by atoms with Gasteiger partial charge < -0.3 is 10.2 Å². The smallest absolute Gasteiger partial charge is 0.244 e. The molecule has 0 aliphatic heterocycles. The molecule has 214 valence electrons. The molecule has 3 aromatic carbocycles. The predicted octanol–water partition coefficient (Wildman–Crippen LogP) is 5.73. The zero-order valence-corrected chi connectivity index (χ0v) is 26.1. The Balaban J connectivity index is 2.05. The van der Waals surface area contributed by atoms with Crippen LogP contribution in [0.5, 0.6) is 0 Å². The summed E-state index contributed by atoms with van der Waals surface area (Å²) in [6.45, 7) is 3.91. The Morgan fingerprint density at radius 2 is 1.70 bits per heavy atom. The van der Waals surface area contributed by atoms with E-state index in [1.54, 1.807) is 25.1 Å². The van der Waals surface area contributed by atoms with Crippen molar-refractivity contribution in [2.24, 2.45) is 0 Å². The lowest BCUT2D eigenvalue weighted by molar-refractivity contribution is -0.140. The van der Waals surface area contributed by atoms with E-state index < -0.39 is 28.5 Å². The van der Waals surface area contributed by atoms with Gasteiger partial charge in [-0.15, -0.1) is 0 Å². The number of carbonyl (C=O) groups excluding carboxylic acids is 2. The van der Waals surface area contributed by atoms with Crippen LogP contribution in [0.4, 0.5) is 5.69 Å². The summed E-state index contributed by atoms with van der Waals surface area (Å²) < 4.78 is 27.8. The predicted molar refractivity (Wildman–Crippen MR) is 165 cm³/mol. The summed E-state index contributed by atoms with van der Waals surface area (Å²) in [7, 11) is -3.85. The van der Waals surface area contributed by atoms with E-state index in [9.17, 15) is 18.0 Å². The first kappa shape index (κ1) is 31.6. The van der Waals surface area contributed by atoms with E-state index in [0.29, 0.717) is 22.8 Å². The Hall–Kier alpha value is -2.88. The third-order valence-electron chi connectivity index (χ3n) is 6.45. The topological polar surface area (TPSA) is 86.8 Å². The molecule has 0 bridgehead atoms. The van der Waals surface area contributed by atoms with Gasteiger partial charge in [0.15, 0.2) is 0 Å². The molecule has 1 N–H and O–H groups in total. The van der Waals surface area contributed by atoms with Crippen LogP contribution in [0.1, 0.15) is 36.5 Å². The maximum absolute atomic E-state index is 14.1. The van der Waals surface area contributed by atoms with Gasteiger partial charge in [-0.1, -0.05) is 83.3 Å². The third-order valence-corrected chi connectivity index (χ3v) is 8.30. The number of sulfonamides is 1. The van der Waals surface area contributed by atoms with Crippen molar-refractivity contribution in [3.8, 4) is 0 Å². The van der Waals surface area contributed by atoms with Gasteiger partial charge in [-0.3, -0.25) is 13.9 Å². The lowest BCUT2D eigenvalue weighted by Gasteiger charge is -2.34. The first-order valence-corrected chi connectivity index (χ1v) is 16.1. The number of hydrogen-bond donors (Lipinski definition) is 1. The number of carbonyl (C=O) groups is 2. The van der Waals surface area contributed by atoms with Crippen LogP contribution in [0.2, 0.25) is 5.02 Å². The molecule has 40 heavy (non-hydrogen) atoms. The second-order valence-corrected chi connectivity index (χ2v) is 13.0. The molecule has 3 rings (SSSR count). The molecule has 2 amide bonds. The van der Waals surface area contributed by atoms with Crippen LogP contribution in [-0.4, -0.2) is 50.5 Å². The van der Waals surface area contributed by atoms with Gasteiger partial charge in [-0.25, -0.2) is 8.42 Å². The van der Waals surface area contributed by atoms with Crippen molar-refractivity contribution in [1.82, 2.24) is 10.2 Å².